The molecule has 1 amide bonds. The molecule has 1 aromatic heterocycles. The topological polar surface area (TPSA) is 75.4 Å². The Labute approximate surface area is 194 Å². The molecule has 1 saturated carbocycles. The van der Waals surface area contributed by atoms with Gasteiger partial charge in [0.1, 0.15) is 0 Å². The normalized spacial score (nSPS) is 23.9. The number of carbonyl (C=O) groups is 1. The van der Waals surface area contributed by atoms with E-state index in [9.17, 15) is 27.9 Å². The summed E-state index contributed by atoms with van der Waals surface area (Å²) in [4.78, 5) is 31.6. The molecular formula is C23H27ClF3N3O3. The molecule has 0 bridgehead atoms. The third kappa shape index (κ3) is 4.62. The van der Waals surface area contributed by atoms with Crippen LogP contribution in [0.5, 0.6) is 0 Å². The fraction of sp³-hybridized carbons (Fsp3) is 0.609. The Morgan fingerprint density at radius 3 is 2.64 bits per heavy atom. The van der Waals surface area contributed by atoms with Gasteiger partial charge < -0.3 is 10.0 Å². The Hall–Kier alpha value is -2.13. The van der Waals surface area contributed by atoms with E-state index in [4.69, 9.17) is 11.6 Å². The zero-order chi connectivity index (χ0) is 24.0. The molecular weight excluding hydrogens is 459 g/mol. The van der Waals surface area contributed by atoms with Gasteiger partial charge in [-0.15, -0.1) is 0 Å². The number of carbonyl (C=O) groups excluding carboxylic acids is 1. The summed E-state index contributed by atoms with van der Waals surface area (Å²) < 4.78 is 39.8. The van der Waals surface area contributed by atoms with Crippen LogP contribution in [0.3, 0.4) is 0 Å². The third-order valence-corrected chi connectivity index (χ3v) is 7.56. The predicted octanol–water partition coefficient (Wildman–Crippen LogP) is 4.16. The van der Waals surface area contributed by atoms with Crippen LogP contribution >= 0.6 is 11.6 Å². The van der Waals surface area contributed by atoms with Crippen LogP contribution in [0.25, 0.3) is 10.9 Å². The van der Waals surface area contributed by atoms with E-state index in [-0.39, 0.29) is 31.6 Å². The minimum atomic E-state index is -4.41. The zero-order valence-electron chi connectivity index (χ0n) is 18.4. The number of aliphatic hydroxyl groups is 1. The highest BCUT2D eigenvalue weighted by atomic mass is 35.5. The maximum absolute atomic E-state index is 13.1. The van der Waals surface area contributed by atoms with Gasteiger partial charge >= 0.3 is 6.18 Å². The van der Waals surface area contributed by atoms with Gasteiger partial charge in [0.25, 0.3) is 5.56 Å². The van der Waals surface area contributed by atoms with Crippen LogP contribution in [-0.2, 0) is 11.3 Å². The van der Waals surface area contributed by atoms with Crippen molar-refractivity contribution in [3.63, 3.8) is 0 Å². The molecule has 1 unspecified atom stereocenters. The molecule has 10 heteroatoms. The number of hydrogen-bond donors (Lipinski definition) is 1. The first-order valence-electron chi connectivity index (χ1n) is 11.2. The molecule has 33 heavy (non-hydrogen) atoms. The van der Waals surface area contributed by atoms with Gasteiger partial charge in [0.2, 0.25) is 5.91 Å². The van der Waals surface area contributed by atoms with Crippen molar-refractivity contribution in [2.45, 2.75) is 63.8 Å². The molecule has 2 heterocycles. The fourth-order valence-corrected chi connectivity index (χ4v) is 5.73. The van der Waals surface area contributed by atoms with Crippen molar-refractivity contribution in [1.82, 2.24) is 14.5 Å². The van der Waals surface area contributed by atoms with E-state index in [1.165, 1.54) is 22.7 Å². The first kappa shape index (κ1) is 24.0. The molecule has 0 radical (unpaired) electrons. The minimum Gasteiger partial charge on any atom is -0.387 e. The Kier molecular flexibility index (Phi) is 6.24. The Morgan fingerprint density at radius 1 is 1.27 bits per heavy atom. The van der Waals surface area contributed by atoms with Crippen LogP contribution in [0.2, 0.25) is 5.02 Å². The molecule has 1 N–H and O–H groups in total. The summed E-state index contributed by atoms with van der Waals surface area (Å²) >= 11 is 6.04. The molecule has 180 valence electrons. The number of alkyl halides is 3. The maximum atomic E-state index is 13.1. The van der Waals surface area contributed by atoms with Gasteiger partial charge in [0.15, 0.2) is 0 Å². The van der Waals surface area contributed by atoms with Gasteiger partial charge in [-0.2, -0.15) is 13.2 Å². The van der Waals surface area contributed by atoms with Crippen molar-refractivity contribution >= 4 is 28.4 Å². The number of fused-ring (bicyclic) bond motifs is 1. The van der Waals surface area contributed by atoms with Gasteiger partial charge in [0, 0.05) is 29.4 Å². The number of hydrogen-bond acceptors (Lipinski definition) is 4. The lowest BCUT2D eigenvalue weighted by atomic mass is 9.65. The largest absolute Gasteiger partial charge is 0.389 e. The number of rotatable bonds is 4. The van der Waals surface area contributed by atoms with Gasteiger partial charge in [0.05, 0.1) is 35.8 Å². The van der Waals surface area contributed by atoms with Crippen molar-refractivity contribution in [3.8, 4) is 0 Å². The molecule has 6 nitrogen and oxygen atoms in total. The number of halogens is 4. The second kappa shape index (κ2) is 8.58. The molecule has 1 aliphatic carbocycles. The summed E-state index contributed by atoms with van der Waals surface area (Å²) in [5, 5.41) is 12.6. The highest BCUT2D eigenvalue weighted by molar-refractivity contribution is 6.31. The molecule has 2 aromatic rings. The highest BCUT2D eigenvalue weighted by Crippen LogP contribution is 2.51. The van der Waals surface area contributed by atoms with Crippen LogP contribution in [-0.4, -0.2) is 50.3 Å². The van der Waals surface area contributed by atoms with Crippen molar-refractivity contribution in [2.75, 3.05) is 13.1 Å². The Morgan fingerprint density at radius 2 is 1.97 bits per heavy atom. The van der Waals surface area contributed by atoms with E-state index in [1.54, 1.807) is 18.2 Å². The molecule has 1 spiro atoms. The summed E-state index contributed by atoms with van der Waals surface area (Å²) in [7, 11) is 0. The number of benzene rings is 1. The zero-order valence-corrected chi connectivity index (χ0v) is 19.1. The van der Waals surface area contributed by atoms with Crippen LogP contribution in [0.4, 0.5) is 13.2 Å². The van der Waals surface area contributed by atoms with Gasteiger partial charge in [-0.3, -0.25) is 14.2 Å². The van der Waals surface area contributed by atoms with Gasteiger partial charge in [-0.25, -0.2) is 4.98 Å². The Bertz CT molecular complexity index is 1110. The SMILES string of the molecule is C[C@H](CC(F)(F)F)C(=O)N1CCC(O)(Cn2cnc3ccc(Cl)cc3c2=O)C2(CCCC2)C1. The van der Waals surface area contributed by atoms with Crippen molar-refractivity contribution in [3.05, 3.63) is 39.9 Å². The second-order valence-corrected chi connectivity index (χ2v) is 10.0. The number of piperidine rings is 1. The molecule has 4 rings (SSSR count). The smallest absolute Gasteiger partial charge is 0.387 e. The average Bonchev–Trinajstić information content (AvgIpc) is 3.21. The van der Waals surface area contributed by atoms with E-state index in [0.29, 0.717) is 28.8 Å². The molecule has 1 aliphatic heterocycles. The average molecular weight is 486 g/mol. The van der Waals surface area contributed by atoms with E-state index in [0.717, 1.165) is 12.8 Å². The molecule has 2 aliphatic rings. The first-order valence-corrected chi connectivity index (χ1v) is 11.5. The quantitative estimate of drug-likeness (QED) is 0.705. The lowest BCUT2D eigenvalue weighted by Gasteiger charge is -2.52. The summed E-state index contributed by atoms with van der Waals surface area (Å²) in [5.74, 6) is -1.72. The highest BCUT2D eigenvalue weighted by Gasteiger charge is 2.56. The van der Waals surface area contributed by atoms with E-state index in [1.807, 2.05) is 0 Å². The summed E-state index contributed by atoms with van der Waals surface area (Å²) in [6, 6.07) is 4.85. The Balaban J connectivity index is 1.61. The van der Waals surface area contributed by atoms with Crippen LogP contribution in [0.1, 0.15) is 45.4 Å². The molecule has 2 fully saturated rings. The summed E-state index contributed by atoms with van der Waals surface area (Å²) in [6.45, 7) is 1.62. The maximum Gasteiger partial charge on any atom is 0.389 e. The number of likely N-dealkylation sites (tertiary alicyclic amines) is 1. The second-order valence-electron chi connectivity index (χ2n) is 9.59. The van der Waals surface area contributed by atoms with Crippen molar-refractivity contribution in [1.29, 1.82) is 0 Å². The lowest BCUT2D eigenvalue weighted by molar-refractivity contribution is -0.172. The van der Waals surface area contributed by atoms with E-state index >= 15 is 0 Å². The number of aromatic nitrogens is 2. The summed E-state index contributed by atoms with van der Waals surface area (Å²) in [6.07, 6.45) is -1.01. The van der Waals surface area contributed by atoms with Crippen LogP contribution in [0.15, 0.2) is 29.3 Å². The third-order valence-electron chi connectivity index (χ3n) is 7.33. The van der Waals surface area contributed by atoms with Crippen LogP contribution in [0, 0.1) is 11.3 Å². The monoisotopic (exact) mass is 485 g/mol. The fourth-order valence-electron chi connectivity index (χ4n) is 5.56. The van der Waals surface area contributed by atoms with Gasteiger partial charge in [-0.05, 0) is 37.5 Å². The standard InChI is InChI=1S/C23H27ClF3N3O3/c1-15(11-23(25,26)27)19(31)29-9-8-22(33,21(12-29)6-2-3-7-21)13-30-14-28-18-5-4-16(24)10-17(18)20(30)32/h4-5,10,14-15,33H,2-3,6-9,11-13H2,1H3/t15-,22?/m1/s1. The number of amides is 1. The lowest BCUT2D eigenvalue weighted by Crippen LogP contribution is -2.62. The molecule has 2 atom stereocenters. The molecule has 1 aromatic carbocycles. The van der Waals surface area contributed by atoms with E-state index < -0.39 is 35.4 Å². The number of nitrogens with zero attached hydrogens (tertiary/aromatic N) is 3. The van der Waals surface area contributed by atoms with Crippen molar-refractivity contribution in [2.24, 2.45) is 11.3 Å². The summed E-state index contributed by atoms with van der Waals surface area (Å²) in [5.41, 5.74) is -1.78. The van der Waals surface area contributed by atoms with Crippen molar-refractivity contribution < 1.29 is 23.1 Å². The van der Waals surface area contributed by atoms with Gasteiger partial charge in [-0.1, -0.05) is 31.4 Å². The van der Waals surface area contributed by atoms with Crippen LogP contribution < -0.4 is 5.56 Å². The predicted molar refractivity (Wildman–Crippen MR) is 118 cm³/mol. The minimum absolute atomic E-state index is 0.00141. The van der Waals surface area contributed by atoms with E-state index in [2.05, 4.69) is 4.98 Å². The first-order chi connectivity index (χ1) is 15.4. The molecule has 1 saturated heterocycles.